The Hall–Kier alpha value is -4.40. The van der Waals surface area contributed by atoms with Gasteiger partial charge in [0.1, 0.15) is 23.4 Å². The first-order valence-electron chi connectivity index (χ1n) is 14.2. The normalized spacial score (nSPS) is 20.4. The van der Waals surface area contributed by atoms with Crippen molar-refractivity contribution in [1.82, 2.24) is 19.9 Å². The summed E-state index contributed by atoms with van der Waals surface area (Å²) in [6.45, 7) is 5.26. The number of methoxy groups -OCH3 is 1. The Kier molecular flexibility index (Phi) is 8.29. The summed E-state index contributed by atoms with van der Waals surface area (Å²) in [6, 6.07) is 10.6. The van der Waals surface area contributed by atoms with Gasteiger partial charge in [-0.1, -0.05) is 0 Å². The highest BCUT2D eigenvalue weighted by atomic mass is 32.1. The van der Waals surface area contributed by atoms with Crippen LogP contribution in [-0.4, -0.2) is 93.9 Å². The summed E-state index contributed by atoms with van der Waals surface area (Å²) in [5.74, 6) is -0.362. The largest absolute Gasteiger partial charge is 0.497 e. The molecule has 0 spiro atoms. The molecule has 2 N–H and O–H groups in total. The van der Waals surface area contributed by atoms with Crippen molar-refractivity contribution in [3.63, 3.8) is 0 Å². The fraction of sp³-hybridized carbons (Fsp3) is 0.333. The lowest BCUT2D eigenvalue weighted by molar-refractivity contribution is -0.133. The summed E-state index contributed by atoms with van der Waals surface area (Å²) in [6.07, 6.45) is 4.93. The second-order valence-electron chi connectivity index (χ2n) is 10.6. The lowest BCUT2D eigenvalue weighted by atomic mass is 9.95. The first kappa shape index (κ1) is 29.7. The first-order valence-corrected chi connectivity index (χ1v) is 14.7. The van der Waals surface area contributed by atoms with Gasteiger partial charge in [0.2, 0.25) is 0 Å². The number of hydrogen-bond donors (Lipinski definition) is 3. The number of benzene rings is 2. The predicted octanol–water partition coefficient (Wildman–Crippen LogP) is 2.94. The second kappa shape index (κ2) is 12.3. The quantitative estimate of drug-likeness (QED) is 0.323. The number of piperazine rings is 1. The molecule has 1 saturated heterocycles. The lowest BCUT2D eigenvalue weighted by Crippen LogP contribution is -2.51. The van der Waals surface area contributed by atoms with E-state index in [0.29, 0.717) is 62.3 Å². The zero-order valence-corrected chi connectivity index (χ0v) is 25.2. The van der Waals surface area contributed by atoms with Gasteiger partial charge in [-0.15, -0.1) is 12.6 Å². The monoisotopic (exact) mass is 620 g/mol. The van der Waals surface area contributed by atoms with E-state index in [9.17, 15) is 15.0 Å². The zero-order chi connectivity index (χ0) is 31.0. The fourth-order valence-electron chi connectivity index (χ4n) is 5.68. The SMILES string of the molecule is CCN1C=C(C(=O)O)C(O)c2cc(F)c(N3CCN(CN4N=C(c5cnccn5)N(c5ccc(OC)cc5)C4S)CC3)cc21. The third kappa shape index (κ3) is 5.51. The number of anilines is 3. The molecule has 0 aliphatic carbocycles. The zero-order valence-electron chi connectivity index (χ0n) is 24.3. The summed E-state index contributed by atoms with van der Waals surface area (Å²) in [4.78, 5) is 28.2. The second-order valence-corrected chi connectivity index (χ2v) is 11.0. The van der Waals surface area contributed by atoms with Crippen molar-refractivity contribution in [2.24, 2.45) is 5.10 Å². The van der Waals surface area contributed by atoms with E-state index >= 15 is 4.39 Å². The number of carboxylic acids is 1. The standard InChI is InChI=1S/C30H33FN8O4S/c1-3-36-17-22(29(41)42)27(40)21-14-23(31)26(15-25(21)36)37-12-10-35(11-13-37)18-38-30(44)39(19-4-6-20(43-2)7-5-19)28(34-38)24-16-32-8-9-33-24/h4-9,14-17,27,30,40,44H,3,10-13,18H2,1-2H3,(H,41,42). The van der Waals surface area contributed by atoms with Gasteiger partial charge in [-0.2, -0.15) is 5.10 Å². The summed E-state index contributed by atoms with van der Waals surface area (Å²) >= 11 is 4.93. The van der Waals surface area contributed by atoms with Gasteiger partial charge in [0, 0.05) is 68.3 Å². The molecule has 3 aromatic rings. The molecule has 3 aliphatic heterocycles. The van der Waals surface area contributed by atoms with E-state index < -0.39 is 23.4 Å². The third-order valence-corrected chi connectivity index (χ3v) is 8.52. The summed E-state index contributed by atoms with van der Waals surface area (Å²) in [5, 5.41) is 26.9. The molecule has 230 valence electrons. The Balaban J connectivity index is 1.18. The fourth-order valence-corrected chi connectivity index (χ4v) is 6.04. The number of nitrogens with zero attached hydrogens (tertiary/aromatic N) is 8. The molecule has 2 aromatic carbocycles. The number of aromatic nitrogens is 2. The van der Waals surface area contributed by atoms with Crippen LogP contribution in [0.2, 0.25) is 0 Å². The van der Waals surface area contributed by atoms with E-state index in [1.54, 1.807) is 36.7 Å². The van der Waals surface area contributed by atoms with Crippen molar-refractivity contribution in [2.45, 2.75) is 18.5 Å². The van der Waals surface area contributed by atoms with Crippen LogP contribution in [0.4, 0.5) is 21.5 Å². The van der Waals surface area contributed by atoms with E-state index in [1.165, 1.54) is 12.3 Å². The molecule has 0 saturated carbocycles. The lowest BCUT2D eigenvalue weighted by Gasteiger charge is -2.39. The Bertz CT molecular complexity index is 1580. The first-order chi connectivity index (χ1) is 21.3. The maximum atomic E-state index is 15.4. The highest BCUT2D eigenvalue weighted by Crippen LogP contribution is 2.40. The van der Waals surface area contributed by atoms with Crippen LogP contribution in [0.15, 0.2) is 71.9 Å². The van der Waals surface area contributed by atoms with Crippen LogP contribution in [0.5, 0.6) is 5.75 Å². The molecular formula is C30H33FN8O4S. The van der Waals surface area contributed by atoms with Crippen LogP contribution in [0.25, 0.3) is 0 Å². The number of amidine groups is 1. The number of hydrogen-bond acceptors (Lipinski definition) is 12. The van der Waals surface area contributed by atoms with Gasteiger partial charge in [-0.3, -0.25) is 14.8 Å². The number of aliphatic hydroxyl groups excluding tert-OH is 1. The molecule has 3 aliphatic rings. The third-order valence-electron chi connectivity index (χ3n) is 8.03. The van der Waals surface area contributed by atoms with Crippen LogP contribution in [0.3, 0.4) is 0 Å². The van der Waals surface area contributed by atoms with E-state index in [1.807, 2.05) is 46.0 Å². The summed E-state index contributed by atoms with van der Waals surface area (Å²) < 4.78 is 20.7. The van der Waals surface area contributed by atoms with Crippen LogP contribution in [0, 0.1) is 5.82 Å². The number of hydrazone groups is 1. The summed E-state index contributed by atoms with van der Waals surface area (Å²) in [7, 11) is 1.62. The van der Waals surface area contributed by atoms with Crippen LogP contribution >= 0.6 is 12.6 Å². The molecular weight excluding hydrogens is 587 g/mol. The molecule has 0 amide bonds. The van der Waals surface area contributed by atoms with Gasteiger partial charge in [-0.25, -0.2) is 19.2 Å². The molecule has 1 fully saturated rings. The van der Waals surface area contributed by atoms with Gasteiger partial charge in [0.05, 0.1) is 31.2 Å². The molecule has 6 rings (SSSR count). The van der Waals surface area contributed by atoms with Crippen molar-refractivity contribution in [3.05, 3.63) is 83.8 Å². The number of ether oxygens (including phenoxy) is 1. The van der Waals surface area contributed by atoms with Crippen LogP contribution in [0.1, 0.15) is 24.3 Å². The Morgan fingerprint density at radius 3 is 2.50 bits per heavy atom. The van der Waals surface area contributed by atoms with Crippen molar-refractivity contribution < 1.29 is 24.1 Å². The average molecular weight is 621 g/mol. The Labute approximate surface area is 259 Å². The van der Waals surface area contributed by atoms with Gasteiger partial charge < -0.3 is 24.7 Å². The maximum absolute atomic E-state index is 15.4. The minimum Gasteiger partial charge on any atom is -0.497 e. The highest BCUT2D eigenvalue weighted by Gasteiger charge is 2.36. The van der Waals surface area contributed by atoms with Crippen molar-refractivity contribution in [3.8, 4) is 5.75 Å². The van der Waals surface area contributed by atoms with Gasteiger partial charge in [0.15, 0.2) is 11.3 Å². The van der Waals surface area contributed by atoms with E-state index in [4.69, 9.17) is 22.5 Å². The molecule has 44 heavy (non-hydrogen) atoms. The van der Waals surface area contributed by atoms with Crippen molar-refractivity contribution in [2.75, 3.05) is 61.2 Å². The minimum atomic E-state index is -1.40. The van der Waals surface area contributed by atoms with Gasteiger partial charge in [0.25, 0.3) is 0 Å². The van der Waals surface area contributed by atoms with E-state index in [2.05, 4.69) is 14.9 Å². The number of thiol groups is 1. The van der Waals surface area contributed by atoms with Crippen molar-refractivity contribution in [1.29, 1.82) is 0 Å². The molecule has 1 aromatic heterocycles. The van der Waals surface area contributed by atoms with Gasteiger partial charge in [-0.05, 0) is 43.3 Å². The highest BCUT2D eigenvalue weighted by molar-refractivity contribution is 7.81. The molecule has 0 bridgehead atoms. The molecule has 12 nitrogen and oxygen atoms in total. The molecule has 2 unspecified atom stereocenters. The number of fused-ring (bicyclic) bond motifs is 1. The maximum Gasteiger partial charge on any atom is 0.336 e. The average Bonchev–Trinajstić information content (AvgIpc) is 3.37. The molecule has 4 heterocycles. The smallest absolute Gasteiger partial charge is 0.336 e. The summed E-state index contributed by atoms with van der Waals surface area (Å²) in [5.41, 5.74) is 2.17. The number of carbonyl (C=O) groups is 1. The number of aliphatic hydroxyl groups is 1. The molecule has 0 radical (unpaired) electrons. The molecule has 14 heteroatoms. The molecule has 2 atom stereocenters. The topological polar surface area (TPSA) is 121 Å². The van der Waals surface area contributed by atoms with Crippen molar-refractivity contribution >= 4 is 41.5 Å². The number of aliphatic carboxylic acids is 1. The van der Waals surface area contributed by atoms with Gasteiger partial charge >= 0.3 is 5.97 Å². The van der Waals surface area contributed by atoms with E-state index in [0.717, 1.165) is 11.4 Å². The number of carboxylic acid groups (broad SMARTS) is 1. The number of halogens is 1. The Morgan fingerprint density at radius 2 is 1.86 bits per heavy atom. The Morgan fingerprint density at radius 1 is 1.11 bits per heavy atom. The predicted molar refractivity (Wildman–Crippen MR) is 167 cm³/mol. The van der Waals surface area contributed by atoms with Crippen LogP contribution < -0.4 is 19.4 Å². The number of rotatable bonds is 8. The van der Waals surface area contributed by atoms with E-state index in [-0.39, 0.29) is 11.1 Å². The van der Waals surface area contributed by atoms with Crippen LogP contribution in [-0.2, 0) is 4.79 Å². The minimum absolute atomic E-state index is 0.180.